The van der Waals surface area contributed by atoms with Crippen molar-refractivity contribution in [1.29, 1.82) is 0 Å². The van der Waals surface area contributed by atoms with E-state index < -0.39 is 49.5 Å². The van der Waals surface area contributed by atoms with Crippen LogP contribution in [-0.2, 0) is 16.1 Å². The molecule has 12 heteroatoms. The molecule has 0 spiro atoms. The number of esters is 1. The molecule has 3 aromatic rings. The Balaban J connectivity index is 1.74. The predicted octanol–water partition coefficient (Wildman–Crippen LogP) is 2.65. The van der Waals surface area contributed by atoms with Crippen molar-refractivity contribution >= 4 is 23.5 Å². The quantitative estimate of drug-likeness (QED) is 0.268. The highest BCUT2D eigenvalue weighted by atomic mass is 35.5. The number of aliphatic hydroxyl groups excluding tert-OH is 1. The van der Waals surface area contributed by atoms with Gasteiger partial charge in [0.25, 0.3) is 5.56 Å². The molecule has 0 bridgehead atoms. The number of alkyl halides is 2. The van der Waals surface area contributed by atoms with Crippen molar-refractivity contribution in [2.45, 2.75) is 18.8 Å². The summed E-state index contributed by atoms with van der Waals surface area (Å²) in [6, 6.07) is 15.4. The zero-order chi connectivity index (χ0) is 25.4. The number of carbonyl (C=O) groups excluding carboxylic acids is 2. The number of nitrogens with zero attached hydrogens (tertiary/aromatic N) is 1. The van der Waals surface area contributed by atoms with Crippen LogP contribution < -0.4 is 11.0 Å². The third kappa shape index (κ3) is 7.47. The first-order chi connectivity index (χ1) is 16.8. The molecule has 9 nitrogen and oxygen atoms in total. The SMILES string of the molecule is O=C(NN(Cc1ccc(-c2cccc(Cl)c2)cc1)C[C@@H](O)C(=O)OC(CF)CF)c1cc(=O)[nH]o1. The van der Waals surface area contributed by atoms with Crippen molar-refractivity contribution in [2.24, 2.45) is 0 Å². The van der Waals surface area contributed by atoms with Crippen molar-refractivity contribution in [1.82, 2.24) is 15.6 Å². The van der Waals surface area contributed by atoms with Gasteiger partial charge in [-0.2, -0.15) is 5.16 Å². The van der Waals surface area contributed by atoms with Crippen molar-refractivity contribution in [2.75, 3.05) is 19.9 Å². The fraction of sp³-hybridized carbons (Fsp3) is 0.261. The predicted molar refractivity (Wildman–Crippen MR) is 122 cm³/mol. The van der Waals surface area contributed by atoms with Gasteiger partial charge < -0.3 is 14.4 Å². The van der Waals surface area contributed by atoms with Gasteiger partial charge in [0.05, 0.1) is 12.6 Å². The molecule has 186 valence electrons. The van der Waals surface area contributed by atoms with E-state index in [0.717, 1.165) is 17.2 Å². The summed E-state index contributed by atoms with van der Waals surface area (Å²) in [6.07, 6.45) is -3.46. The van der Waals surface area contributed by atoms with Crippen LogP contribution in [0.4, 0.5) is 8.78 Å². The fourth-order valence-electron chi connectivity index (χ4n) is 3.06. The van der Waals surface area contributed by atoms with Crippen LogP contribution in [0.1, 0.15) is 16.1 Å². The third-order valence-corrected chi connectivity index (χ3v) is 5.02. The van der Waals surface area contributed by atoms with Crippen molar-refractivity contribution in [3.05, 3.63) is 81.3 Å². The minimum Gasteiger partial charge on any atom is -0.455 e. The number of hydrazine groups is 1. The highest BCUT2D eigenvalue weighted by molar-refractivity contribution is 6.30. The van der Waals surface area contributed by atoms with Gasteiger partial charge in [0.2, 0.25) is 5.76 Å². The first kappa shape index (κ1) is 26.1. The monoisotopic (exact) mass is 509 g/mol. The van der Waals surface area contributed by atoms with E-state index >= 15 is 0 Å². The summed E-state index contributed by atoms with van der Waals surface area (Å²) in [5, 5.41) is 13.9. The number of aromatic nitrogens is 1. The number of aliphatic hydroxyl groups is 1. The van der Waals surface area contributed by atoms with E-state index in [2.05, 4.69) is 10.2 Å². The standard InChI is InChI=1S/C23H22ClF2N3O6/c24-17-3-1-2-16(8-17)15-6-4-14(5-7-15)12-29(27-22(32)20-9-21(31)28-35-20)13-19(30)23(33)34-18(10-25)11-26/h1-9,18-19,30H,10-13H2,(H,27,32)(H,28,31)/t19-/m1/s1. The lowest BCUT2D eigenvalue weighted by atomic mass is 10.0. The molecule has 0 aliphatic carbocycles. The largest absolute Gasteiger partial charge is 0.455 e. The van der Waals surface area contributed by atoms with Crippen LogP contribution in [0, 0.1) is 0 Å². The molecule has 0 fully saturated rings. The van der Waals surface area contributed by atoms with Crippen LogP contribution in [0.2, 0.25) is 5.02 Å². The van der Waals surface area contributed by atoms with Crippen LogP contribution >= 0.6 is 11.6 Å². The molecule has 2 aromatic carbocycles. The Kier molecular flexibility index (Phi) is 9.12. The number of hydrogen-bond acceptors (Lipinski definition) is 7. The van der Waals surface area contributed by atoms with Crippen molar-refractivity contribution in [3.8, 4) is 11.1 Å². The Morgan fingerprint density at radius 1 is 1.11 bits per heavy atom. The van der Waals surface area contributed by atoms with Gasteiger partial charge in [0.1, 0.15) is 13.3 Å². The third-order valence-electron chi connectivity index (χ3n) is 4.78. The van der Waals surface area contributed by atoms with Crippen LogP contribution in [0.25, 0.3) is 11.1 Å². The van der Waals surface area contributed by atoms with E-state index in [9.17, 15) is 28.3 Å². The summed E-state index contributed by atoms with van der Waals surface area (Å²) in [6.45, 7) is -2.97. The number of hydrogen-bond donors (Lipinski definition) is 3. The molecule has 0 unspecified atom stereocenters. The molecule has 1 aromatic heterocycles. The van der Waals surface area contributed by atoms with Crippen LogP contribution in [0.3, 0.4) is 0 Å². The maximum Gasteiger partial charge on any atom is 0.336 e. The lowest BCUT2D eigenvalue weighted by Gasteiger charge is -2.25. The summed E-state index contributed by atoms with van der Waals surface area (Å²) >= 11 is 6.04. The molecule has 1 atom stereocenters. The number of H-pyrrole nitrogens is 1. The first-order valence-corrected chi connectivity index (χ1v) is 10.8. The van der Waals surface area contributed by atoms with Gasteiger partial charge in [0, 0.05) is 11.6 Å². The normalized spacial score (nSPS) is 12.1. The van der Waals surface area contributed by atoms with E-state index in [4.69, 9.17) is 16.1 Å². The topological polar surface area (TPSA) is 125 Å². The second kappa shape index (κ2) is 12.2. The number of aromatic amines is 1. The Morgan fingerprint density at radius 3 is 2.43 bits per heavy atom. The van der Waals surface area contributed by atoms with Crippen LogP contribution in [-0.4, -0.2) is 59.3 Å². The average Bonchev–Trinajstić information content (AvgIpc) is 3.29. The fourth-order valence-corrected chi connectivity index (χ4v) is 3.26. The van der Waals surface area contributed by atoms with E-state index in [1.54, 1.807) is 24.3 Å². The number of halogens is 3. The molecular weight excluding hydrogens is 488 g/mol. The maximum atomic E-state index is 12.7. The van der Waals surface area contributed by atoms with E-state index in [-0.39, 0.29) is 12.3 Å². The number of benzene rings is 2. The molecule has 0 aliphatic heterocycles. The van der Waals surface area contributed by atoms with Crippen LogP contribution in [0.15, 0.2) is 63.9 Å². The molecule has 1 amide bonds. The molecule has 0 saturated carbocycles. The average molecular weight is 510 g/mol. The van der Waals surface area contributed by atoms with Gasteiger partial charge in [-0.3, -0.25) is 15.0 Å². The van der Waals surface area contributed by atoms with Crippen LogP contribution in [0.5, 0.6) is 0 Å². The molecule has 1 heterocycles. The lowest BCUT2D eigenvalue weighted by molar-refractivity contribution is -0.162. The maximum absolute atomic E-state index is 12.7. The molecule has 0 saturated heterocycles. The Labute approximate surface area is 203 Å². The molecule has 3 rings (SSSR count). The number of nitrogens with one attached hydrogen (secondary N) is 2. The van der Waals surface area contributed by atoms with Gasteiger partial charge in [-0.25, -0.2) is 18.6 Å². The zero-order valence-corrected chi connectivity index (χ0v) is 19.0. The number of carbonyl (C=O) groups is 2. The Bertz CT molecular complexity index is 1200. The minimum atomic E-state index is -1.83. The smallest absolute Gasteiger partial charge is 0.336 e. The zero-order valence-electron chi connectivity index (χ0n) is 18.2. The van der Waals surface area contributed by atoms with Gasteiger partial charge in [-0.1, -0.05) is 48.0 Å². The first-order valence-electron chi connectivity index (χ1n) is 10.4. The minimum absolute atomic E-state index is 0.0101. The second-order valence-electron chi connectivity index (χ2n) is 7.49. The summed E-state index contributed by atoms with van der Waals surface area (Å²) in [7, 11) is 0. The van der Waals surface area contributed by atoms with E-state index in [1.807, 2.05) is 29.4 Å². The molecule has 0 aliphatic rings. The number of ether oxygens (including phenoxy) is 1. The second-order valence-corrected chi connectivity index (χ2v) is 7.93. The van der Waals surface area contributed by atoms with Gasteiger partial charge in [-0.05, 0) is 28.8 Å². The summed E-state index contributed by atoms with van der Waals surface area (Å²) < 4.78 is 34.7. The lowest BCUT2D eigenvalue weighted by Crippen LogP contribution is -2.48. The molecule has 35 heavy (non-hydrogen) atoms. The van der Waals surface area contributed by atoms with Gasteiger partial charge >= 0.3 is 11.9 Å². The van der Waals surface area contributed by atoms with Crippen molar-refractivity contribution < 1.29 is 32.7 Å². The summed E-state index contributed by atoms with van der Waals surface area (Å²) in [5.41, 5.74) is 4.24. The highest BCUT2D eigenvalue weighted by Crippen LogP contribution is 2.23. The Hall–Kier alpha value is -3.54. The highest BCUT2D eigenvalue weighted by Gasteiger charge is 2.26. The summed E-state index contributed by atoms with van der Waals surface area (Å²) in [4.78, 5) is 35.7. The number of amides is 1. The number of rotatable bonds is 11. The molecule has 0 radical (unpaired) electrons. The summed E-state index contributed by atoms with van der Waals surface area (Å²) in [5.74, 6) is -2.41. The van der Waals surface area contributed by atoms with Gasteiger partial charge in [-0.15, -0.1) is 0 Å². The Morgan fingerprint density at radius 2 is 1.83 bits per heavy atom. The van der Waals surface area contributed by atoms with Gasteiger partial charge in [0.15, 0.2) is 12.2 Å². The molecular formula is C23H22ClF2N3O6. The van der Waals surface area contributed by atoms with Crippen molar-refractivity contribution in [3.63, 3.8) is 0 Å². The van der Waals surface area contributed by atoms with E-state index in [0.29, 0.717) is 10.6 Å². The molecule has 3 N–H and O–H groups in total. The van der Waals surface area contributed by atoms with E-state index in [1.165, 1.54) is 5.01 Å².